The van der Waals surface area contributed by atoms with Crippen LogP contribution in [0, 0.1) is 5.92 Å². The lowest BCUT2D eigenvalue weighted by molar-refractivity contribution is -0.161. The summed E-state index contributed by atoms with van der Waals surface area (Å²) in [5, 5.41) is 8.84. The number of rotatable bonds is 4. The molecular formula is C11H16N2O4. The van der Waals surface area contributed by atoms with Crippen molar-refractivity contribution in [2.24, 2.45) is 5.92 Å². The minimum Gasteiger partial charge on any atom is -0.480 e. The molecule has 94 valence electrons. The van der Waals surface area contributed by atoms with Crippen LogP contribution < -0.4 is 0 Å². The molecule has 1 saturated heterocycles. The second kappa shape index (κ2) is 4.35. The molecule has 1 heterocycles. The minimum atomic E-state index is -1.08. The Kier molecular flexibility index (Phi) is 3.04. The Bertz CT molecular complexity index is 364. The van der Waals surface area contributed by atoms with Gasteiger partial charge in [-0.1, -0.05) is 0 Å². The Hall–Kier alpha value is -1.59. The molecule has 0 bridgehead atoms. The van der Waals surface area contributed by atoms with E-state index in [0.29, 0.717) is 25.6 Å². The lowest BCUT2D eigenvalue weighted by Crippen LogP contribution is -2.58. The molecule has 2 rings (SSSR count). The number of aliphatic carboxylic acids is 1. The highest BCUT2D eigenvalue weighted by molar-refractivity contribution is 6.35. The van der Waals surface area contributed by atoms with Crippen molar-refractivity contribution < 1.29 is 19.5 Å². The van der Waals surface area contributed by atoms with Crippen LogP contribution in [-0.2, 0) is 14.4 Å². The van der Waals surface area contributed by atoms with Gasteiger partial charge in [-0.3, -0.25) is 9.59 Å². The number of hydrogen-bond donors (Lipinski definition) is 1. The van der Waals surface area contributed by atoms with E-state index in [4.69, 9.17) is 5.11 Å². The zero-order valence-corrected chi connectivity index (χ0v) is 9.76. The normalized spacial score (nSPS) is 22.9. The molecule has 2 aliphatic rings. The lowest BCUT2D eigenvalue weighted by Gasteiger charge is -2.35. The number of amides is 2. The molecule has 0 unspecified atom stereocenters. The second-order valence-corrected chi connectivity index (χ2v) is 4.71. The molecule has 6 heteroatoms. The van der Waals surface area contributed by atoms with E-state index in [1.54, 1.807) is 4.90 Å². The first-order valence-electron chi connectivity index (χ1n) is 5.83. The van der Waals surface area contributed by atoms with Crippen LogP contribution in [0.3, 0.4) is 0 Å². The number of carbonyl (C=O) groups excluding carboxylic acids is 2. The third-order valence-electron chi connectivity index (χ3n) is 3.34. The second-order valence-electron chi connectivity index (χ2n) is 4.71. The molecule has 1 atom stereocenters. The molecule has 0 aromatic carbocycles. The largest absolute Gasteiger partial charge is 0.480 e. The van der Waals surface area contributed by atoms with Crippen molar-refractivity contribution in [1.82, 2.24) is 9.80 Å². The zero-order valence-electron chi connectivity index (χ0n) is 9.76. The molecule has 1 saturated carbocycles. The van der Waals surface area contributed by atoms with Crippen LogP contribution in [0.25, 0.3) is 0 Å². The Morgan fingerprint density at radius 1 is 1.35 bits per heavy atom. The molecular weight excluding hydrogens is 224 g/mol. The maximum atomic E-state index is 11.8. The van der Waals surface area contributed by atoms with Gasteiger partial charge < -0.3 is 14.9 Å². The van der Waals surface area contributed by atoms with Gasteiger partial charge in [0.25, 0.3) is 0 Å². The van der Waals surface area contributed by atoms with Crippen LogP contribution in [0.4, 0.5) is 0 Å². The predicted molar refractivity (Wildman–Crippen MR) is 58.1 cm³/mol. The van der Waals surface area contributed by atoms with E-state index in [-0.39, 0.29) is 0 Å². The van der Waals surface area contributed by atoms with E-state index in [9.17, 15) is 14.4 Å². The van der Waals surface area contributed by atoms with Crippen molar-refractivity contribution in [2.75, 3.05) is 19.6 Å². The maximum Gasteiger partial charge on any atom is 0.326 e. The van der Waals surface area contributed by atoms with E-state index >= 15 is 0 Å². The molecule has 2 amide bonds. The predicted octanol–water partition coefficient (Wildman–Crippen LogP) is -0.460. The summed E-state index contributed by atoms with van der Waals surface area (Å²) in [6, 6.07) is -0.936. The van der Waals surface area contributed by atoms with Gasteiger partial charge in [-0.05, 0) is 25.7 Å². The monoisotopic (exact) mass is 240 g/mol. The van der Waals surface area contributed by atoms with Crippen LogP contribution in [0.2, 0.25) is 0 Å². The summed E-state index contributed by atoms with van der Waals surface area (Å²) in [4.78, 5) is 37.0. The van der Waals surface area contributed by atoms with Crippen molar-refractivity contribution in [3.05, 3.63) is 0 Å². The van der Waals surface area contributed by atoms with E-state index in [2.05, 4.69) is 0 Å². The third kappa shape index (κ3) is 2.40. The van der Waals surface area contributed by atoms with Crippen LogP contribution in [-0.4, -0.2) is 58.4 Å². The molecule has 1 aliphatic heterocycles. The summed E-state index contributed by atoms with van der Waals surface area (Å²) < 4.78 is 0. The first-order chi connectivity index (χ1) is 8.00. The number of carbonyl (C=O) groups is 3. The van der Waals surface area contributed by atoms with Gasteiger partial charge in [0.2, 0.25) is 0 Å². The standard InChI is InChI=1S/C11H16N2O4/c1-7(11(16)17)13-5-4-12(6-8-2-3-8)9(14)10(13)15/h7-8H,2-6H2,1H3,(H,16,17)/t7-/m0/s1. The number of hydrogen-bond acceptors (Lipinski definition) is 3. The van der Waals surface area contributed by atoms with Crippen LogP contribution >= 0.6 is 0 Å². The first kappa shape index (κ1) is 11.9. The number of nitrogens with zero attached hydrogens (tertiary/aromatic N) is 2. The smallest absolute Gasteiger partial charge is 0.326 e. The SMILES string of the molecule is C[C@@H](C(=O)O)N1CCN(CC2CC2)C(=O)C1=O. The topological polar surface area (TPSA) is 77.9 Å². The average molecular weight is 240 g/mol. The van der Waals surface area contributed by atoms with E-state index in [0.717, 1.165) is 17.7 Å². The fraction of sp³-hybridized carbons (Fsp3) is 0.727. The molecule has 1 N–H and O–H groups in total. The summed E-state index contributed by atoms with van der Waals surface area (Å²) in [5.41, 5.74) is 0. The number of piperazine rings is 1. The van der Waals surface area contributed by atoms with Gasteiger partial charge in [0.1, 0.15) is 6.04 Å². The highest BCUT2D eigenvalue weighted by atomic mass is 16.4. The highest BCUT2D eigenvalue weighted by Crippen LogP contribution is 2.30. The summed E-state index contributed by atoms with van der Waals surface area (Å²) in [6.45, 7) is 2.81. The van der Waals surface area contributed by atoms with Crippen molar-refractivity contribution in [3.63, 3.8) is 0 Å². The van der Waals surface area contributed by atoms with Gasteiger partial charge in [0, 0.05) is 19.6 Å². The van der Waals surface area contributed by atoms with E-state index in [1.165, 1.54) is 6.92 Å². The van der Waals surface area contributed by atoms with Crippen molar-refractivity contribution in [1.29, 1.82) is 0 Å². The number of carboxylic acids is 1. The molecule has 0 aromatic rings. The maximum absolute atomic E-state index is 11.8. The summed E-state index contributed by atoms with van der Waals surface area (Å²) in [6.07, 6.45) is 2.24. The van der Waals surface area contributed by atoms with Crippen LogP contribution in [0.1, 0.15) is 19.8 Å². The van der Waals surface area contributed by atoms with Crippen molar-refractivity contribution in [3.8, 4) is 0 Å². The van der Waals surface area contributed by atoms with Crippen LogP contribution in [0.5, 0.6) is 0 Å². The minimum absolute atomic E-state index is 0.310. The van der Waals surface area contributed by atoms with Crippen molar-refractivity contribution >= 4 is 17.8 Å². The molecule has 6 nitrogen and oxygen atoms in total. The number of carboxylic acid groups (broad SMARTS) is 1. The fourth-order valence-electron chi connectivity index (χ4n) is 1.98. The fourth-order valence-corrected chi connectivity index (χ4v) is 1.98. The van der Waals surface area contributed by atoms with Gasteiger partial charge in [-0.2, -0.15) is 0 Å². The van der Waals surface area contributed by atoms with E-state index < -0.39 is 23.8 Å². The van der Waals surface area contributed by atoms with Gasteiger partial charge in [0.15, 0.2) is 0 Å². The molecule has 2 fully saturated rings. The Balaban J connectivity index is 1.99. The summed E-state index contributed by atoms with van der Waals surface area (Å²) >= 11 is 0. The van der Waals surface area contributed by atoms with Crippen LogP contribution in [0.15, 0.2) is 0 Å². The summed E-state index contributed by atoms with van der Waals surface area (Å²) in [5.74, 6) is -1.79. The van der Waals surface area contributed by atoms with Gasteiger partial charge in [0.05, 0.1) is 0 Å². The molecule has 0 spiro atoms. The Morgan fingerprint density at radius 2 is 2.00 bits per heavy atom. The Morgan fingerprint density at radius 3 is 2.53 bits per heavy atom. The summed E-state index contributed by atoms with van der Waals surface area (Å²) in [7, 11) is 0. The Labute approximate surface area is 99.2 Å². The molecule has 0 aromatic heterocycles. The molecule has 1 aliphatic carbocycles. The highest BCUT2D eigenvalue weighted by Gasteiger charge is 2.38. The van der Waals surface area contributed by atoms with Gasteiger partial charge in [-0.15, -0.1) is 0 Å². The van der Waals surface area contributed by atoms with E-state index in [1.807, 2.05) is 0 Å². The van der Waals surface area contributed by atoms with Gasteiger partial charge >= 0.3 is 17.8 Å². The molecule has 0 radical (unpaired) electrons. The first-order valence-corrected chi connectivity index (χ1v) is 5.83. The third-order valence-corrected chi connectivity index (χ3v) is 3.34. The van der Waals surface area contributed by atoms with Gasteiger partial charge in [-0.25, -0.2) is 4.79 Å². The molecule has 17 heavy (non-hydrogen) atoms. The van der Waals surface area contributed by atoms with Crippen molar-refractivity contribution in [2.45, 2.75) is 25.8 Å². The zero-order chi connectivity index (χ0) is 12.6. The lowest BCUT2D eigenvalue weighted by atomic mass is 10.2. The quantitative estimate of drug-likeness (QED) is 0.674. The average Bonchev–Trinajstić information content (AvgIpc) is 3.08.